The molecule has 10 heteroatoms. The predicted octanol–water partition coefficient (Wildman–Crippen LogP) is 1.48. The number of rotatable bonds is 9. The Hall–Kier alpha value is -3.60. The highest BCUT2D eigenvalue weighted by Gasteiger charge is 2.52. The van der Waals surface area contributed by atoms with Crippen LogP contribution in [0.4, 0.5) is 0 Å². The van der Waals surface area contributed by atoms with E-state index < -0.39 is 35.9 Å². The van der Waals surface area contributed by atoms with E-state index >= 15 is 0 Å². The molecule has 4 atom stereocenters. The highest BCUT2D eigenvalue weighted by atomic mass is 16.6. The van der Waals surface area contributed by atoms with Crippen molar-refractivity contribution in [1.29, 1.82) is 0 Å². The van der Waals surface area contributed by atoms with Crippen LogP contribution in [0.1, 0.15) is 24.0 Å². The molecule has 1 aromatic heterocycles. The smallest absolute Gasteiger partial charge is 0.336 e. The number of carbonyl (C=O) groups is 2. The Kier molecular flexibility index (Phi) is 8.47. The lowest BCUT2D eigenvalue weighted by Crippen LogP contribution is -2.58. The number of aliphatic hydroxyl groups excluding tert-OH is 2. The molecule has 1 aliphatic rings. The standard InChI is InChI=1S/C24H26N2O8/c1-32-18-7-4-16(5-8-18)6-9-21(28)34-20-12-24(23(30)31,11-19(27)22(20)29)33-10-2-3-17-13-25-15-26-14-17/h2-9,13-15,19-20,22,27,29H,10-12H2,1H3,(H,30,31)/b3-2-,9-6+. The average molecular weight is 470 g/mol. The molecule has 0 bridgehead atoms. The monoisotopic (exact) mass is 470 g/mol. The number of carboxylic acid groups (broad SMARTS) is 1. The topological polar surface area (TPSA) is 148 Å². The molecule has 0 spiro atoms. The SMILES string of the molecule is COc1ccc(/C=C/C(=O)OC2CC(OC/C=C\c3cncnc3)(C(=O)O)CC(O)C2O)cc1. The Morgan fingerprint density at radius 1 is 1.09 bits per heavy atom. The summed E-state index contributed by atoms with van der Waals surface area (Å²) in [5.41, 5.74) is -0.438. The average Bonchev–Trinajstić information content (AvgIpc) is 2.84. The number of hydrogen-bond acceptors (Lipinski definition) is 9. The highest BCUT2D eigenvalue weighted by molar-refractivity contribution is 5.87. The second kappa shape index (κ2) is 11.5. The molecule has 34 heavy (non-hydrogen) atoms. The van der Waals surface area contributed by atoms with Crippen LogP contribution >= 0.6 is 0 Å². The van der Waals surface area contributed by atoms with E-state index in [9.17, 15) is 24.9 Å². The molecule has 0 saturated heterocycles. The van der Waals surface area contributed by atoms with E-state index in [4.69, 9.17) is 14.2 Å². The van der Waals surface area contributed by atoms with E-state index in [1.807, 2.05) is 0 Å². The maximum Gasteiger partial charge on any atom is 0.336 e. The van der Waals surface area contributed by atoms with E-state index in [2.05, 4.69) is 9.97 Å². The van der Waals surface area contributed by atoms with E-state index in [0.717, 1.165) is 6.08 Å². The quantitative estimate of drug-likeness (QED) is 0.363. The number of nitrogens with zero attached hydrogens (tertiary/aromatic N) is 2. The minimum Gasteiger partial charge on any atom is -0.497 e. The van der Waals surface area contributed by atoms with Gasteiger partial charge < -0.3 is 29.5 Å². The second-order valence-electron chi connectivity index (χ2n) is 7.73. The molecule has 0 aliphatic heterocycles. The van der Waals surface area contributed by atoms with Gasteiger partial charge in [0.2, 0.25) is 0 Å². The zero-order valence-electron chi connectivity index (χ0n) is 18.5. The Bertz CT molecular complexity index is 1030. The van der Waals surface area contributed by atoms with Crippen LogP contribution in [0.5, 0.6) is 5.75 Å². The number of aliphatic hydroxyl groups is 2. The molecule has 4 unspecified atom stereocenters. The summed E-state index contributed by atoms with van der Waals surface area (Å²) in [4.78, 5) is 32.1. The van der Waals surface area contributed by atoms with Crippen LogP contribution in [0.25, 0.3) is 12.2 Å². The lowest BCUT2D eigenvalue weighted by atomic mass is 9.79. The largest absolute Gasteiger partial charge is 0.497 e. The lowest BCUT2D eigenvalue weighted by molar-refractivity contribution is -0.204. The molecule has 0 radical (unpaired) electrons. The van der Waals surface area contributed by atoms with Crippen LogP contribution in [0.15, 0.2) is 55.1 Å². The van der Waals surface area contributed by atoms with E-state index in [1.165, 1.54) is 12.4 Å². The molecule has 180 valence electrons. The molecule has 1 fully saturated rings. The number of aromatic nitrogens is 2. The summed E-state index contributed by atoms with van der Waals surface area (Å²) < 4.78 is 16.0. The van der Waals surface area contributed by atoms with Gasteiger partial charge in [-0.05, 0) is 23.8 Å². The Morgan fingerprint density at radius 2 is 1.79 bits per heavy atom. The van der Waals surface area contributed by atoms with Crippen LogP contribution in [0, 0.1) is 0 Å². The van der Waals surface area contributed by atoms with Crippen molar-refractivity contribution in [3.05, 3.63) is 66.3 Å². The number of methoxy groups -OCH3 is 1. The third kappa shape index (κ3) is 6.47. The van der Waals surface area contributed by atoms with E-state index in [1.54, 1.807) is 55.9 Å². The molecule has 1 saturated carbocycles. The van der Waals surface area contributed by atoms with Gasteiger partial charge in [0, 0.05) is 36.9 Å². The van der Waals surface area contributed by atoms with Crippen LogP contribution in [0.2, 0.25) is 0 Å². The first-order valence-electron chi connectivity index (χ1n) is 10.5. The first kappa shape index (κ1) is 25.0. The normalized spacial score (nSPS) is 24.9. The summed E-state index contributed by atoms with van der Waals surface area (Å²) in [7, 11) is 1.54. The summed E-state index contributed by atoms with van der Waals surface area (Å²) in [5.74, 6) is -1.46. The van der Waals surface area contributed by atoms with Gasteiger partial charge in [-0.25, -0.2) is 19.6 Å². The molecule has 2 aromatic rings. The maximum atomic E-state index is 12.3. The number of carbonyl (C=O) groups excluding carboxylic acids is 1. The molecule has 3 N–H and O–H groups in total. The fourth-order valence-electron chi connectivity index (χ4n) is 3.56. The molecule has 0 amide bonds. The zero-order valence-corrected chi connectivity index (χ0v) is 18.5. The molecular weight excluding hydrogens is 444 g/mol. The first-order chi connectivity index (χ1) is 16.3. The second-order valence-corrected chi connectivity index (χ2v) is 7.73. The third-order valence-electron chi connectivity index (χ3n) is 5.38. The molecule has 1 aliphatic carbocycles. The molecule has 1 heterocycles. The van der Waals surface area contributed by atoms with Crippen molar-refractivity contribution in [2.75, 3.05) is 13.7 Å². The van der Waals surface area contributed by atoms with Gasteiger partial charge in [-0.3, -0.25) is 0 Å². The van der Waals surface area contributed by atoms with E-state index in [-0.39, 0.29) is 19.4 Å². The number of carboxylic acids is 1. The van der Waals surface area contributed by atoms with Crippen LogP contribution in [0.3, 0.4) is 0 Å². The van der Waals surface area contributed by atoms with Gasteiger partial charge >= 0.3 is 11.9 Å². The first-order valence-corrected chi connectivity index (χ1v) is 10.5. The Balaban J connectivity index is 1.65. The summed E-state index contributed by atoms with van der Waals surface area (Å²) in [6.07, 6.45) is 5.56. The Morgan fingerprint density at radius 3 is 2.44 bits per heavy atom. The molecular formula is C24H26N2O8. The van der Waals surface area contributed by atoms with Crippen molar-refractivity contribution in [2.45, 2.75) is 36.8 Å². The van der Waals surface area contributed by atoms with Gasteiger partial charge in [-0.2, -0.15) is 0 Å². The molecule has 3 rings (SSSR count). The van der Waals surface area contributed by atoms with Crippen molar-refractivity contribution in [1.82, 2.24) is 9.97 Å². The van der Waals surface area contributed by atoms with Gasteiger partial charge in [0.25, 0.3) is 0 Å². The fraction of sp³-hybridized carbons (Fsp3) is 0.333. The fourth-order valence-corrected chi connectivity index (χ4v) is 3.56. The van der Waals surface area contributed by atoms with Gasteiger partial charge in [0.05, 0.1) is 19.8 Å². The number of esters is 1. The van der Waals surface area contributed by atoms with Gasteiger partial charge in [0.15, 0.2) is 5.60 Å². The zero-order chi connectivity index (χ0) is 24.6. The Labute approximate surface area is 196 Å². The molecule has 1 aromatic carbocycles. The van der Waals surface area contributed by atoms with E-state index in [0.29, 0.717) is 16.9 Å². The maximum absolute atomic E-state index is 12.3. The van der Waals surface area contributed by atoms with Crippen LogP contribution in [-0.2, 0) is 19.1 Å². The van der Waals surface area contributed by atoms with Gasteiger partial charge in [0.1, 0.15) is 24.3 Å². The van der Waals surface area contributed by atoms with Crippen molar-refractivity contribution < 1.29 is 39.1 Å². The minimum absolute atomic E-state index is 0.0952. The number of aliphatic carboxylic acids is 1. The number of ether oxygens (including phenoxy) is 3. The van der Waals surface area contributed by atoms with Crippen molar-refractivity contribution >= 4 is 24.1 Å². The van der Waals surface area contributed by atoms with Crippen LogP contribution in [-0.4, -0.2) is 74.9 Å². The number of hydrogen-bond donors (Lipinski definition) is 3. The van der Waals surface area contributed by atoms with Crippen molar-refractivity contribution in [3.63, 3.8) is 0 Å². The minimum atomic E-state index is -1.85. The number of benzene rings is 1. The van der Waals surface area contributed by atoms with Crippen molar-refractivity contribution in [3.8, 4) is 5.75 Å². The van der Waals surface area contributed by atoms with Crippen LogP contribution < -0.4 is 4.74 Å². The van der Waals surface area contributed by atoms with Gasteiger partial charge in [-0.1, -0.05) is 24.3 Å². The van der Waals surface area contributed by atoms with Gasteiger partial charge in [-0.15, -0.1) is 0 Å². The summed E-state index contributed by atoms with van der Waals surface area (Å²) in [6, 6.07) is 6.93. The summed E-state index contributed by atoms with van der Waals surface area (Å²) in [5, 5.41) is 30.4. The molecule has 10 nitrogen and oxygen atoms in total. The lowest BCUT2D eigenvalue weighted by Gasteiger charge is -2.41. The third-order valence-corrected chi connectivity index (χ3v) is 5.38. The summed E-state index contributed by atoms with van der Waals surface area (Å²) in [6.45, 7) is -0.0952. The highest BCUT2D eigenvalue weighted by Crippen LogP contribution is 2.34. The summed E-state index contributed by atoms with van der Waals surface area (Å²) >= 11 is 0. The van der Waals surface area contributed by atoms with Crippen molar-refractivity contribution in [2.24, 2.45) is 0 Å². The predicted molar refractivity (Wildman–Crippen MR) is 121 cm³/mol.